The van der Waals surface area contributed by atoms with Gasteiger partial charge in [0.15, 0.2) is 0 Å². The molecule has 2 aromatic rings. The van der Waals surface area contributed by atoms with Gasteiger partial charge in [-0.2, -0.15) is 0 Å². The molecule has 5 nitrogen and oxygen atoms in total. The summed E-state index contributed by atoms with van der Waals surface area (Å²) in [6.45, 7) is 3.33. The summed E-state index contributed by atoms with van der Waals surface area (Å²) in [6, 6.07) is 3.84. The SMILES string of the molecule is COCCC1CN(C2=c3nccc(F)c3=CNc3sccc32)CCN1. The lowest BCUT2D eigenvalue weighted by Crippen LogP contribution is -2.52. The van der Waals surface area contributed by atoms with E-state index in [2.05, 4.69) is 32.0 Å². The second-order valence-corrected chi connectivity index (χ2v) is 7.15. The molecule has 2 N–H and O–H groups in total. The number of thiophene rings is 1. The number of pyridine rings is 1. The summed E-state index contributed by atoms with van der Waals surface area (Å²) in [7, 11) is 1.72. The van der Waals surface area contributed by atoms with E-state index in [1.165, 1.54) is 6.07 Å². The molecular formula is C18H21FN4OS. The average Bonchev–Trinajstić information content (AvgIpc) is 3.02. The molecule has 132 valence electrons. The number of piperazine rings is 1. The topological polar surface area (TPSA) is 49.4 Å². The van der Waals surface area contributed by atoms with E-state index >= 15 is 0 Å². The lowest BCUT2D eigenvalue weighted by molar-refractivity contribution is 0.166. The van der Waals surface area contributed by atoms with E-state index in [1.54, 1.807) is 30.8 Å². The molecule has 2 aliphatic heterocycles. The average molecular weight is 360 g/mol. The van der Waals surface area contributed by atoms with Crippen molar-refractivity contribution < 1.29 is 9.13 Å². The van der Waals surface area contributed by atoms with Gasteiger partial charge in [0.25, 0.3) is 0 Å². The van der Waals surface area contributed by atoms with E-state index in [4.69, 9.17) is 4.74 Å². The molecular weight excluding hydrogens is 339 g/mol. The highest BCUT2D eigenvalue weighted by atomic mass is 32.1. The summed E-state index contributed by atoms with van der Waals surface area (Å²) in [5.41, 5.74) is 2.10. The summed E-state index contributed by atoms with van der Waals surface area (Å²) in [6.07, 6.45) is 4.22. The predicted molar refractivity (Wildman–Crippen MR) is 98.2 cm³/mol. The van der Waals surface area contributed by atoms with Crippen molar-refractivity contribution in [3.8, 4) is 0 Å². The first-order valence-electron chi connectivity index (χ1n) is 8.44. The van der Waals surface area contributed by atoms with Crippen LogP contribution < -0.4 is 21.2 Å². The van der Waals surface area contributed by atoms with Crippen LogP contribution in [-0.4, -0.2) is 49.3 Å². The van der Waals surface area contributed by atoms with Crippen LogP contribution in [0.4, 0.5) is 9.39 Å². The zero-order chi connectivity index (χ0) is 17.2. The van der Waals surface area contributed by atoms with Crippen molar-refractivity contribution in [2.75, 3.05) is 38.7 Å². The van der Waals surface area contributed by atoms with Crippen LogP contribution in [0.2, 0.25) is 0 Å². The molecule has 4 rings (SSSR count). The van der Waals surface area contributed by atoms with Gasteiger partial charge in [0.05, 0.1) is 16.3 Å². The number of hydrogen-bond acceptors (Lipinski definition) is 6. The van der Waals surface area contributed by atoms with Gasteiger partial charge >= 0.3 is 0 Å². The number of anilines is 1. The Hall–Kier alpha value is -1.96. The zero-order valence-corrected chi connectivity index (χ0v) is 14.9. The summed E-state index contributed by atoms with van der Waals surface area (Å²) in [5, 5.41) is 11.1. The molecule has 0 amide bonds. The Morgan fingerprint density at radius 3 is 3.24 bits per heavy atom. The number of rotatable bonds is 4. The first-order valence-corrected chi connectivity index (χ1v) is 9.32. The number of fused-ring (bicyclic) bond motifs is 2. The van der Waals surface area contributed by atoms with Crippen molar-refractivity contribution >= 4 is 28.2 Å². The molecule has 1 atom stereocenters. The van der Waals surface area contributed by atoms with Crippen molar-refractivity contribution in [1.29, 1.82) is 0 Å². The number of halogens is 1. The molecule has 0 radical (unpaired) electrons. The van der Waals surface area contributed by atoms with Crippen LogP contribution in [0.3, 0.4) is 0 Å². The fourth-order valence-electron chi connectivity index (χ4n) is 3.45. The Labute approximate surface area is 149 Å². The van der Waals surface area contributed by atoms with E-state index in [0.717, 1.165) is 48.9 Å². The molecule has 7 heteroatoms. The zero-order valence-electron chi connectivity index (χ0n) is 14.1. The molecule has 1 unspecified atom stereocenters. The van der Waals surface area contributed by atoms with Gasteiger partial charge in [-0.1, -0.05) is 0 Å². The lowest BCUT2D eigenvalue weighted by Gasteiger charge is -2.36. The standard InChI is InChI=1S/C18H21FN4OS/c1-24-8-3-12-11-23(7-6-20-12)17-13-4-9-25-18(13)22-10-14-15(19)2-5-21-16(14)17/h2,4-5,9-10,12,20,22H,3,6-8,11H2,1H3. The number of nitrogens with one attached hydrogen (secondary N) is 2. The molecule has 0 saturated carbocycles. The van der Waals surface area contributed by atoms with Crippen LogP contribution in [0.15, 0.2) is 23.7 Å². The largest absolute Gasteiger partial charge is 0.385 e. The third kappa shape index (κ3) is 3.15. The number of methoxy groups -OCH3 is 1. The van der Waals surface area contributed by atoms with E-state index in [0.29, 0.717) is 16.6 Å². The second-order valence-electron chi connectivity index (χ2n) is 6.23. The quantitative estimate of drug-likeness (QED) is 0.849. The van der Waals surface area contributed by atoms with Crippen LogP contribution in [0.5, 0.6) is 0 Å². The number of ether oxygens (including phenoxy) is 1. The van der Waals surface area contributed by atoms with Gasteiger partial charge in [0.2, 0.25) is 0 Å². The Morgan fingerprint density at radius 2 is 2.36 bits per heavy atom. The Morgan fingerprint density at radius 1 is 1.44 bits per heavy atom. The first kappa shape index (κ1) is 16.5. The molecule has 1 saturated heterocycles. The lowest BCUT2D eigenvalue weighted by atomic mass is 10.1. The summed E-state index contributed by atoms with van der Waals surface area (Å²) in [4.78, 5) is 6.86. The van der Waals surface area contributed by atoms with Crippen LogP contribution >= 0.6 is 11.3 Å². The van der Waals surface area contributed by atoms with Gasteiger partial charge in [-0.05, 0) is 23.9 Å². The van der Waals surface area contributed by atoms with Gasteiger partial charge in [-0.15, -0.1) is 11.3 Å². The van der Waals surface area contributed by atoms with Crippen molar-refractivity contribution in [2.24, 2.45) is 0 Å². The van der Waals surface area contributed by atoms with Crippen LogP contribution in [0.25, 0.3) is 11.9 Å². The molecule has 4 heterocycles. The van der Waals surface area contributed by atoms with Crippen molar-refractivity contribution in [2.45, 2.75) is 12.5 Å². The third-order valence-corrected chi connectivity index (χ3v) is 5.52. The molecule has 2 aromatic heterocycles. The van der Waals surface area contributed by atoms with Gasteiger partial charge < -0.3 is 20.3 Å². The summed E-state index contributed by atoms with van der Waals surface area (Å²) >= 11 is 1.62. The Balaban J connectivity index is 1.82. The molecule has 0 bridgehead atoms. The van der Waals surface area contributed by atoms with Gasteiger partial charge in [0, 0.05) is 57.4 Å². The monoisotopic (exact) mass is 360 g/mol. The van der Waals surface area contributed by atoms with E-state index in [9.17, 15) is 4.39 Å². The van der Waals surface area contributed by atoms with Crippen LogP contribution in [0.1, 0.15) is 12.0 Å². The van der Waals surface area contributed by atoms with Gasteiger partial charge in [-0.25, -0.2) is 4.39 Å². The molecule has 2 aliphatic rings. The van der Waals surface area contributed by atoms with E-state index in [1.807, 2.05) is 0 Å². The van der Waals surface area contributed by atoms with Crippen molar-refractivity contribution in [3.05, 3.63) is 45.7 Å². The minimum absolute atomic E-state index is 0.253. The van der Waals surface area contributed by atoms with Crippen molar-refractivity contribution in [3.63, 3.8) is 0 Å². The molecule has 0 aliphatic carbocycles. The highest BCUT2D eigenvalue weighted by molar-refractivity contribution is 7.14. The fraction of sp³-hybridized carbons (Fsp3) is 0.389. The second kappa shape index (κ2) is 7.11. The summed E-state index contributed by atoms with van der Waals surface area (Å²) < 4.78 is 19.6. The third-order valence-electron chi connectivity index (χ3n) is 4.67. The van der Waals surface area contributed by atoms with Crippen LogP contribution in [-0.2, 0) is 4.74 Å². The Kier molecular flexibility index (Phi) is 4.70. The normalized spacial score (nSPS) is 19.5. The molecule has 1 fully saturated rings. The maximum absolute atomic E-state index is 14.4. The number of nitrogens with zero attached hydrogens (tertiary/aromatic N) is 2. The fourth-order valence-corrected chi connectivity index (χ4v) is 4.21. The molecule has 0 aromatic carbocycles. The summed E-state index contributed by atoms with van der Waals surface area (Å²) in [5.74, 6) is -0.253. The maximum Gasteiger partial charge on any atom is 0.135 e. The molecule has 25 heavy (non-hydrogen) atoms. The predicted octanol–water partition coefficient (Wildman–Crippen LogP) is 0.912. The number of hydrogen-bond donors (Lipinski definition) is 2. The van der Waals surface area contributed by atoms with Gasteiger partial charge in [0.1, 0.15) is 10.8 Å². The molecule has 0 spiro atoms. The van der Waals surface area contributed by atoms with Gasteiger partial charge in [-0.3, -0.25) is 4.98 Å². The highest BCUT2D eigenvalue weighted by Gasteiger charge is 2.25. The minimum atomic E-state index is -0.253. The Bertz CT molecular complexity index is 881. The van der Waals surface area contributed by atoms with Crippen LogP contribution in [0, 0.1) is 5.82 Å². The first-order chi connectivity index (χ1) is 12.3. The van der Waals surface area contributed by atoms with E-state index in [-0.39, 0.29) is 5.82 Å². The maximum atomic E-state index is 14.4. The minimum Gasteiger partial charge on any atom is -0.385 e. The number of aromatic nitrogens is 1. The van der Waals surface area contributed by atoms with E-state index < -0.39 is 0 Å². The highest BCUT2D eigenvalue weighted by Crippen LogP contribution is 2.31. The smallest absolute Gasteiger partial charge is 0.135 e. The van der Waals surface area contributed by atoms with Crippen molar-refractivity contribution in [1.82, 2.24) is 15.2 Å².